The van der Waals surface area contributed by atoms with E-state index in [1.807, 2.05) is 56.3 Å². The molecule has 0 spiro atoms. The first kappa shape index (κ1) is 14.8. The zero-order valence-electron chi connectivity index (χ0n) is 12.3. The Morgan fingerprint density at radius 3 is 2.77 bits per heavy atom. The van der Waals surface area contributed by atoms with Gasteiger partial charge in [-0.2, -0.15) is 0 Å². The van der Waals surface area contributed by atoms with Crippen molar-refractivity contribution >= 4 is 38.6 Å². The van der Waals surface area contributed by atoms with E-state index in [1.165, 1.54) is 0 Å². The van der Waals surface area contributed by atoms with E-state index in [0.717, 1.165) is 21.2 Å². The van der Waals surface area contributed by atoms with E-state index in [9.17, 15) is 4.79 Å². The molecule has 0 fully saturated rings. The molecule has 22 heavy (non-hydrogen) atoms. The Labute approximate surface area is 136 Å². The molecule has 2 aromatic carbocycles. The highest BCUT2D eigenvalue weighted by molar-refractivity contribution is 9.10. The van der Waals surface area contributed by atoms with Crippen LogP contribution in [0.25, 0.3) is 22.6 Å². The van der Waals surface area contributed by atoms with Crippen LogP contribution in [0.4, 0.5) is 5.69 Å². The number of fused-ring (bicyclic) bond motifs is 1. The average molecular weight is 359 g/mol. The molecule has 5 heteroatoms. The van der Waals surface area contributed by atoms with Crippen LogP contribution in [-0.2, 0) is 4.79 Å². The zero-order valence-corrected chi connectivity index (χ0v) is 13.8. The normalized spacial score (nSPS) is 11.1. The minimum atomic E-state index is -0.0646. The van der Waals surface area contributed by atoms with Crippen LogP contribution in [0.5, 0.6) is 0 Å². The standard InChI is InChI=1S/C17H15BrN2O2/c1-10(2)16(21)19-13-6-7-15-14(9-13)20-17(22-15)11-4-3-5-12(18)8-11/h3-10H,1-2H3,(H,19,21). The molecular weight excluding hydrogens is 344 g/mol. The van der Waals surface area contributed by atoms with Crippen molar-refractivity contribution in [2.75, 3.05) is 5.32 Å². The van der Waals surface area contributed by atoms with Crippen molar-refractivity contribution in [2.24, 2.45) is 5.92 Å². The van der Waals surface area contributed by atoms with Crippen molar-refractivity contribution < 1.29 is 9.21 Å². The topological polar surface area (TPSA) is 55.1 Å². The van der Waals surface area contributed by atoms with Crippen molar-refractivity contribution in [1.82, 2.24) is 4.98 Å². The first-order valence-corrected chi connectivity index (χ1v) is 7.79. The monoisotopic (exact) mass is 358 g/mol. The van der Waals surface area contributed by atoms with Gasteiger partial charge in [0.25, 0.3) is 0 Å². The minimum Gasteiger partial charge on any atom is -0.436 e. The second kappa shape index (κ2) is 5.93. The second-order valence-corrected chi connectivity index (χ2v) is 6.27. The average Bonchev–Trinajstić information content (AvgIpc) is 2.90. The molecule has 0 aliphatic heterocycles. The fourth-order valence-corrected chi connectivity index (χ4v) is 2.44. The number of carbonyl (C=O) groups excluding carboxylic acids is 1. The molecule has 1 amide bonds. The number of halogens is 1. The lowest BCUT2D eigenvalue weighted by molar-refractivity contribution is -0.118. The summed E-state index contributed by atoms with van der Waals surface area (Å²) in [5, 5.41) is 2.86. The molecule has 0 saturated heterocycles. The summed E-state index contributed by atoms with van der Waals surface area (Å²) in [6.45, 7) is 3.71. The molecule has 0 atom stereocenters. The molecule has 3 aromatic rings. The molecule has 0 aliphatic carbocycles. The van der Waals surface area contributed by atoms with Crippen LogP contribution >= 0.6 is 15.9 Å². The summed E-state index contributed by atoms with van der Waals surface area (Å²) >= 11 is 3.44. The maximum Gasteiger partial charge on any atom is 0.227 e. The van der Waals surface area contributed by atoms with Gasteiger partial charge in [-0.25, -0.2) is 4.98 Å². The van der Waals surface area contributed by atoms with E-state index >= 15 is 0 Å². The highest BCUT2D eigenvalue weighted by atomic mass is 79.9. The lowest BCUT2D eigenvalue weighted by atomic mass is 10.2. The van der Waals surface area contributed by atoms with Crippen LogP contribution in [0.15, 0.2) is 51.4 Å². The SMILES string of the molecule is CC(C)C(=O)Nc1ccc2oc(-c3cccc(Br)c3)nc2c1. The number of anilines is 1. The van der Waals surface area contributed by atoms with Crippen LogP contribution in [0, 0.1) is 5.92 Å². The van der Waals surface area contributed by atoms with E-state index in [4.69, 9.17) is 4.42 Å². The maximum absolute atomic E-state index is 11.8. The van der Waals surface area contributed by atoms with Gasteiger partial charge in [-0.1, -0.05) is 35.8 Å². The molecule has 0 saturated carbocycles. The number of carbonyl (C=O) groups is 1. The van der Waals surface area contributed by atoms with Crippen LogP contribution < -0.4 is 5.32 Å². The molecular formula is C17H15BrN2O2. The van der Waals surface area contributed by atoms with Gasteiger partial charge in [0, 0.05) is 21.6 Å². The highest BCUT2D eigenvalue weighted by Crippen LogP contribution is 2.27. The Balaban J connectivity index is 1.95. The van der Waals surface area contributed by atoms with Crippen LogP contribution in [-0.4, -0.2) is 10.9 Å². The summed E-state index contributed by atoms with van der Waals surface area (Å²) in [7, 11) is 0. The quantitative estimate of drug-likeness (QED) is 0.727. The van der Waals surface area contributed by atoms with Gasteiger partial charge in [0.05, 0.1) is 0 Å². The molecule has 1 aromatic heterocycles. The summed E-state index contributed by atoms with van der Waals surface area (Å²) in [6.07, 6.45) is 0. The molecule has 4 nitrogen and oxygen atoms in total. The first-order valence-electron chi connectivity index (χ1n) is 7.00. The Bertz CT molecular complexity index is 840. The molecule has 1 heterocycles. The number of nitrogens with zero attached hydrogens (tertiary/aromatic N) is 1. The van der Waals surface area contributed by atoms with E-state index in [2.05, 4.69) is 26.2 Å². The van der Waals surface area contributed by atoms with E-state index < -0.39 is 0 Å². The van der Waals surface area contributed by atoms with Gasteiger partial charge in [-0.15, -0.1) is 0 Å². The maximum atomic E-state index is 11.8. The predicted octanol–water partition coefficient (Wildman–Crippen LogP) is 4.85. The lowest BCUT2D eigenvalue weighted by Crippen LogP contribution is -2.17. The minimum absolute atomic E-state index is 0.0185. The van der Waals surface area contributed by atoms with Gasteiger partial charge in [0.15, 0.2) is 5.58 Å². The van der Waals surface area contributed by atoms with Crippen molar-refractivity contribution in [3.8, 4) is 11.5 Å². The first-order chi connectivity index (χ1) is 10.5. The fraction of sp³-hybridized carbons (Fsp3) is 0.176. The number of rotatable bonds is 3. The summed E-state index contributed by atoms with van der Waals surface area (Å²) in [5.74, 6) is 0.476. The van der Waals surface area contributed by atoms with Crippen molar-refractivity contribution in [3.05, 3.63) is 46.9 Å². The third-order valence-corrected chi connectivity index (χ3v) is 3.74. The van der Waals surface area contributed by atoms with Gasteiger partial charge >= 0.3 is 0 Å². The predicted molar refractivity (Wildman–Crippen MR) is 90.6 cm³/mol. The Hall–Kier alpha value is -2.14. The number of hydrogen-bond acceptors (Lipinski definition) is 3. The molecule has 1 N–H and O–H groups in total. The second-order valence-electron chi connectivity index (χ2n) is 5.36. The van der Waals surface area contributed by atoms with E-state index in [0.29, 0.717) is 11.5 Å². The highest BCUT2D eigenvalue weighted by Gasteiger charge is 2.11. The summed E-state index contributed by atoms with van der Waals surface area (Å²) in [4.78, 5) is 16.3. The molecule has 3 rings (SSSR count). The number of benzene rings is 2. The number of nitrogens with one attached hydrogen (secondary N) is 1. The smallest absolute Gasteiger partial charge is 0.227 e. The Morgan fingerprint density at radius 2 is 2.05 bits per heavy atom. The number of amides is 1. The number of hydrogen-bond donors (Lipinski definition) is 1. The molecule has 0 aliphatic rings. The fourth-order valence-electron chi connectivity index (χ4n) is 2.04. The lowest BCUT2D eigenvalue weighted by Gasteiger charge is -2.06. The number of aromatic nitrogens is 1. The Morgan fingerprint density at radius 1 is 1.23 bits per heavy atom. The molecule has 0 radical (unpaired) electrons. The van der Waals surface area contributed by atoms with Crippen LogP contribution in [0.1, 0.15) is 13.8 Å². The molecule has 0 bridgehead atoms. The summed E-state index contributed by atoms with van der Waals surface area (Å²) in [5.41, 5.74) is 3.03. The van der Waals surface area contributed by atoms with E-state index in [-0.39, 0.29) is 11.8 Å². The van der Waals surface area contributed by atoms with Gasteiger partial charge in [0.1, 0.15) is 5.52 Å². The van der Waals surface area contributed by atoms with E-state index in [1.54, 1.807) is 0 Å². The molecule has 112 valence electrons. The molecule has 0 unspecified atom stereocenters. The van der Waals surface area contributed by atoms with Gasteiger partial charge in [0.2, 0.25) is 11.8 Å². The van der Waals surface area contributed by atoms with Crippen LogP contribution in [0.3, 0.4) is 0 Å². The zero-order chi connectivity index (χ0) is 15.7. The van der Waals surface area contributed by atoms with Crippen LogP contribution in [0.2, 0.25) is 0 Å². The summed E-state index contributed by atoms with van der Waals surface area (Å²) in [6, 6.07) is 13.2. The van der Waals surface area contributed by atoms with Gasteiger partial charge in [-0.05, 0) is 36.4 Å². The Kier molecular flexibility index (Phi) is 3.98. The number of oxazole rings is 1. The van der Waals surface area contributed by atoms with Crippen molar-refractivity contribution in [3.63, 3.8) is 0 Å². The van der Waals surface area contributed by atoms with Gasteiger partial charge < -0.3 is 9.73 Å². The third kappa shape index (κ3) is 3.04. The van der Waals surface area contributed by atoms with Crippen molar-refractivity contribution in [2.45, 2.75) is 13.8 Å². The third-order valence-electron chi connectivity index (χ3n) is 3.25. The van der Waals surface area contributed by atoms with Crippen molar-refractivity contribution in [1.29, 1.82) is 0 Å². The summed E-state index contributed by atoms with van der Waals surface area (Å²) < 4.78 is 6.74. The largest absolute Gasteiger partial charge is 0.436 e. The van der Waals surface area contributed by atoms with Gasteiger partial charge in [-0.3, -0.25) is 4.79 Å².